The lowest BCUT2D eigenvalue weighted by atomic mass is 10.0. The molecule has 0 bridgehead atoms. The largest absolute Gasteiger partial charge is 0.418 e. The normalized spacial score (nSPS) is 27.6. The van der Waals surface area contributed by atoms with Crippen LogP contribution in [0.25, 0.3) is 0 Å². The third kappa shape index (κ3) is 2.78. The summed E-state index contributed by atoms with van der Waals surface area (Å²) in [5.41, 5.74) is -2.59. The zero-order chi connectivity index (χ0) is 15.1. The molecule has 118 valence electrons. The van der Waals surface area contributed by atoms with Crippen molar-refractivity contribution in [1.82, 2.24) is 19.7 Å². The number of halogens is 3. The van der Waals surface area contributed by atoms with E-state index in [0.29, 0.717) is 12.4 Å². The van der Waals surface area contributed by atoms with E-state index in [1.807, 2.05) is 4.57 Å². The minimum Gasteiger partial charge on any atom is -0.379 e. The number of rotatable bonds is 2. The van der Waals surface area contributed by atoms with Crippen molar-refractivity contribution in [3.63, 3.8) is 0 Å². The van der Waals surface area contributed by atoms with Crippen LogP contribution in [0.3, 0.4) is 0 Å². The van der Waals surface area contributed by atoms with Gasteiger partial charge in [0.1, 0.15) is 11.6 Å². The van der Waals surface area contributed by atoms with E-state index in [-0.39, 0.29) is 13.0 Å². The SMILES string of the molecule is OC1(C(F)(F)F)CCN(Cc2nnc3n2CCCCC3)C1. The molecule has 5 nitrogen and oxygen atoms in total. The highest BCUT2D eigenvalue weighted by molar-refractivity contribution is 5.01. The van der Waals surface area contributed by atoms with Crippen molar-refractivity contribution < 1.29 is 18.3 Å². The molecule has 1 aromatic rings. The van der Waals surface area contributed by atoms with Crippen LogP contribution in [0, 0.1) is 0 Å². The van der Waals surface area contributed by atoms with Crippen molar-refractivity contribution in [1.29, 1.82) is 0 Å². The van der Waals surface area contributed by atoms with Gasteiger partial charge in [0.15, 0.2) is 5.60 Å². The first-order chi connectivity index (χ1) is 9.89. The average Bonchev–Trinajstić information content (AvgIpc) is 2.87. The number of fused-ring (bicyclic) bond motifs is 1. The van der Waals surface area contributed by atoms with Crippen LogP contribution < -0.4 is 0 Å². The molecule has 0 spiro atoms. The molecule has 0 radical (unpaired) electrons. The first kappa shape index (κ1) is 14.8. The molecule has 0 aromatic carbocycles. The third-order valence-corrected chi connectivity index (χ3v) is 4.41. The van der Waals surface area contributed by atoms with Gasteiger partial charge < -0.3 is 9.67 Å². The smallest absolute Gasteiger partial charge is 0.379 e. The number of aryl methyl sites for hydroxylation is 1. The lowest BCUT2D eigenvalue weighted by molar-refractivity contribution is -0.254. The minimum absolute atomic E-state index is 0.220. The van der Waals surface area contributed by atoms with Crippen LogP contribution in [0.15, 0.2) is 0 Å². The van der Waals surface area contributed by atoms with Crippen LogP contribution in [-0.2, 0) is 19.5 Å². The first-order valence-corrected chi connectivity index (χ1v) is 7.31. The van der Waals surface area contributed by atoms with Gasteiger partial charge in [0, 0.05) is 26.1 Å². The molecule has 1 saturated heterocycles. The van der Waals surface area contributed by atoms with Crippen molar-refractivity contribution in [2.75, 3.05) is 13.1 Å². The lowest BCUT2D eigenvalue weighted by Gasteiger charge is -2.26. The highest BCUT2D eigenvalue weighted by atomic mass is 19.4. The van der Waals surface area contributed by atoms with E-state index in [1.54, 1.807) is 4.90 Å². The standard InChI is InChI=1S/C13H19F3N4O/c14-13(15,16)12(21)5-7-19(9-12)8-11-18-17-10-4-2-1-3-6-20(10)11/h21H,1-9H2. The van der Waals surface area contributed by atoms with Crippen LogP contribution in [0.1, 0.15) is 37.3 Å². The maximum absolute atomic E-state index is 12.8. The Morgan fingerprint density at radius 2 is 1.95 bits per heavy atom. The maximum atomic E-state index is 12.8. The van der Waals surface area contributed by atoms with E-state index in [4.69, 9.17) is 0 Å². The van der Waals surface area contributed by atoms with E-state index < -0.39 is 18.3 Å². The molecule has 3 heterocycles. The molecule has 1 N–H and O–H groups in total. The Morgan fingerprint density at radius 1 is 1.14 bits per heavy atom. The van der Waals surface area contributed by atoms with Gasteiger partial charge in [0.25, 0.3) is 0 Å². The monoisotopic (exact) mass is 304 g/mol. The molecule has 21 heavy (non-hydrogen) atoms. The summed E-state index contributed by atoms with van der Waals surface area (Å²) in [5.74, 6) is 1.63. The number of alkyl halides is 3. The second-order valence-corrected chi connectivity index (χ2v) is 5.98. The van der Waals surface area contributed by atoms with Crippen LogP contribution in [0.4, 0.5) is 13.2 Å². The lowest BCUT2D eigenvalue weighted by Crippen LogP contribution is -2.47. The zero-order valence-corrected chi connectivity index (χ0v) is 11.7. The Kier molecular flexibility index (Phi) is 3.69. The minimum atomic E-state index is -4.58. The summed E-state index contributed by atoms with van der Waals surface area (Å²) >= 11 is 0. The van der Waals surface area contributed by atoms with Crippen molar-refractivity contribution in [2.45, 2.75) is 57.0 Å². The predicted molar refractivity (Wildman–Crippen MR) is 68.5 cm³/mol. The number of hydrogen-bond donors (Lipinski definition) is 1. The highest BCUT2D eigenvalue weighted by Gasteiger charge is 2.57. The van der Waals surface area contributed by atoms with Crippen molar-refractivity contribution in [3.8, 4) is 0 Å². The molecule has 0 saturated carbocycles. The van der Waals surface area contributed by atoms with Crippen molar-refractivity contribution >= 4 is 0 Å². The Balaban J connectivity index is 1.70. The van der Waals surface area contributed by atoms with Crippen molar-refractivity contribution in [2.24, 2.45) is 0 Å². The summed E-state index contributed by atoms with van der Waals surface area (Å²) < 4.78 is 40.5. The second kappa shape index (κ2) is 5.24. The van der Waals surface area contributed by atoms with Gasteiger partial charge in [-0.15, -0.1) is 10.2 Å². The van der Waals surface area contributed by atoms with Gasteiger partial charge in [0.2, 0.25) is 0 Å². The molecule has 1 aromatic heterocycles. The molecule has 1 fully saturated rings. The fraction of sp³-hybridized carbons (Fsp3) is 0.846. The van der Waals surface area contributed by atoms with Crippen LogP contribution in [0.2, 0.25) is 0 Å². The highest BCUT2D eigenvalue weighted by Crippen LogP contribution is 2.37. The Hall–Kier alpha value is -1.15. The van der Waals surface area contributed by atoms with Crippen molar-refractivity contribution in [3.05, 3.63) is 11.6 Å². The van der Waals surface area contributed by atoms with Gasteiger partial charge in [-0.3, -0.25) is 4.90 Å². The van der Waals surface area contributed by atoms with E-state index >= 15 is 0 Å². The molecular weight excluding hydrogens is 285 g/mol. The fourth-order valence-corrected chi connectivity index (χ4v) is 3.10. The van der Waals surface area contributed by atoms with Crippen LogP contribution in [0.5, 0.6) is 0 Å². The summed E-state index contributed by atoms with van der Waals surface area (Å²) in [5, 5.41) is 18.0. The van der Waals surface area contributed by atoms with Crippen LogP contribution >= 0.6 is 0 Å². The molecular formula is C13H19F3N4O. The number of aliphatic hydroxyl groups is 1. The molecule has 0 aliphatic carbocycles. The fourth-order valence-electron chi connectivity index (χ4n) is 3.10. The summed E-state index contributed by atoms with van der Waals surface area (Å²) in [4.78, 5) is 1.61. The first-order valence-electron chi connectivity index (χ1n) is 7.31. The van der Waals surface area contributed by atoms with Gasteiger partial charge in [-0.05, 0) is 19.3 Å². The van der Waals surface area contributed by atoms with E-state index in [9.17, 15) is 18.3 Å². The molecule has 8 heteroatoms. The molecule has 2 aliphatic rings. The predicted octanol–water partition coefficient (Wildman–Crippen LogP) is 1.50. The van der Waals surface area contributed by atoms with E-state index in [1.165, 1.54) is 0 Å². The number of hydrogen-bond acceptors (Lipinski definition) is 4. The Morgan fingerprint density at radius 3 is 2.67 bits per heavy atom. The third-order valence-electron chi connectivity index (χ3n) is 4.41. The van der Waals surface area contributed by atoms with E-state index in [0.717, 1.165) is 38.1 Å². The summed E-state index contributed by atoms with van der Waals surface area (Å²) in [6.45, 7) is 0.970. The summed E-state index contributed by atoms with van der Waals surface area (Å²) in [6.07, 6.45) is -0.721. The number of nitrogens with zero attached hydrogens (tertiary/aromatic N) is 4. The summed E-state index contributed by atoms with van der Waals surface area (Å²) in [7, 11) is 0. The number of aromatic nitrogens is 3. The van der Waals surface area contributed by atoms with Gasteiger partial charge >= 0.3 is 6.18 Å². The molecule has 2 aliphatic heterocycles. The molecule has 0 amide bonds. The second-order valence-electron chi connectivity index (χ2n) is 5.98. The van der Waals surface area contributed by atoms with Gasteiger partial charge in [-0.25, -0.2) is 0 Å². The average molecular weight is 304 g/mol. The summed E-state index contributed by atoms with van der Waals surface area (Å²) in [6, 6.07) is 0. The van der Waals surface area contributed by atoms with Crippen LogP contribution in [-0.4, -0.2) is 49.6 Å². The molecule has 1 unspecified atom stereocenters. The zero-order valence-electron chi connectivity index (χ0n) is 11.7. The Bertz CT molecular complexity index is 516. The number of β-amino-alcohol motifs (C(OH)–C–C–N with tert-alkyl or cyclic N) is 1. The van der Waals surface area contributed by atoms with Gasteiger partial charge in [0.05, 0.1) is 6.54 Å². The Labute approximate surface area is 120 Å². The topological polar surface area (TPSA) is 54.2 Å². The van der Waals surface area contributed by atoms with E-state index in [2.05, 4.69) is 10.2 Å². The number of likely N-dealkylation sites (tertiary alicyclic amines) is 1. The molecule has 3 rings (SSSR count). The van der Waals surface area contributed by atoms with Gasteiger partial charge in [-0.1, -0.05) is 6.42 Å². The maximum Gasteiger partial charge on any atom is 0.418 e. The molecule has 1 atom stereocenters. The quantitative estimate of drug-likeness (QED) is 0.900. The van der Waals surface area contributed by atoms with Gasteiger partial charge in [-0.2, -0.15) is 13.2 Å².